The molecule has 0 spiro atoms. The van der Waals surface area contributed by atoms with Gasteiger partial charge in [-0.25, -0.2) is 4.98 Å². The molecule has 0 fully saturated rings. The summed E-state index contributed by atoms with van der Waals surface area (Å²) in [5, 5.41) is 9.83. The number of hydrogen-bond donors (Lipinski definition) is 1. The van der Waals surface area contributed by atoms with E-state index in [1.54, 1.807) is 42.7 Å². The lowest BCUT2D eigenvalue weighted by Gasteiger charge is -2.12. The molecule has 0 unspecified atom stereocenters. The predicted octanol–water partition coefficient (Wildman–Crippen LogP) is 3.85. The second-order valence-electron chi connectivity index (χ2n) is 7.56. The standard InChI is InChI=1S/C26H20N4O3S/c1-34-26-28-22(21(16-27)23(31)29-26)18-11-8-10-17(15-18)9-4-2-3-7-14-30-24(32)19-12-5-6-13-20(19)25(30)33/h5-6,8,10-13,15H,2-3,7,14H2,1H3,(H,28,29,31). The van der Waals surface area contributed by atoms with Gasteiger partial charge < -0.3 is 4.98 Å². The molecule has 2 aromatic carbocycles. The van der Waals surface area contributed by atoms with Gasteiger partial charge >= 0.3 is 0 Å². The Bertz CT molecular complexity index is 1410. The Morgan fingerprint density at radius 2 is 1.76 bits per heavy atom. The molecule has 0 bridgehead atoms. The molecule has 1 aliphatic heterocycles. The summed E-state index contributed by atoms with van der Waals surface area (Å²) in [6.07, 6.45) is 3.81. The van der Waals surface area contributed by atoms with Gasteiger partial charge in [0.1, 0.15) is 11.6 Å². The van der Waals surface area contributed by atoms with Crippen LogP contribution in [0.3, 0.4) is 0 Å². The first-order valence-corrected chi connectivity index (χ1v) is 11.9. The number of fused-ring (bicyclic) bond motifs is 1. The summed E-state index contributed by atoms with van der Waals surface area (Å²) in [6.45, 7) is 0.368. The molecule has 0 radical (unpaired) electrons. The van der Waals surface area contributed by atoms with Crippen molar-refractivity contribution in [1.82, 2.24) is 14.9 Å². The Hall–Kier alpha value is -4.14. The molecular weight excluding hydrogens is 448 g/mol. The van der Waals surface area contributed by atoms with E-state index in [-0.39, 0.29) is 17.4 Å². The van der Waals surface area contributed by atoms with E-state index in [9.17, 15) is 19.6 Å². The van der Waals surface area contributed by atoms with Gasteiger partial charge in [-0.05, 0) is 43.4 Å². The fraction of sp³-hybridized carbons (Fsp3) is 0.192. The van der Waals surface area contributed by atoms with E-state index in [2.05, 4.69) is 21.8 Å². The van der Waals surface area contributed by atoms with Crippen LogP contribution < -0.4 is 5.56 Å². The van der Waals surface area contributed by atoms with Crippen LogP contribution in [0.4, 0.5) is 0 Å². The third kappa shape index (κ3) is 4.63. The number of amides is 2. The number of nitrogens with one attached hydrogen (secondary N) is 1. The zero-order chi connectivity index (χ0) is 24.1. The van der Waals surface area contributed by atoms with Crippen molar-refractivity contribution in [3.63, 3.8) is 0 Å². The van der Waals surface area contributed by atoms with E-state index in [4.69, 9.17) is 0 Å². The molecule has 2 amide bonds. The van der Waals surface area contributed by atoms with Crippen molar-refractivity contribution in [2.75, 3.05) is 12.8 Å². The van der Waals surface area contributed by atoms with Gasteiger partial charge in [0.25, 0.3) is 17.4 Å². The van der Waals surface area contributed by atoms with Gasteiger partial charge in [-0.2, -0.15) is 5.26 Å². The average Bonchev–Trinajstić information content (AvgIpc) is 3.10. The first-order chi connectivity index (χ1) is 16.5. The second-order valence-corrected chi connectivity index (χ2v) is 8.35. The van der Waals surface area contributed by atoms with Crippen LogP contribution in [-0.2, 0) is 0 Å². The Labute approximate surface area is 200 Å². The summed E-state index contributed by atoms with van der Waals surface area (Å²) in [7, 11) is 0. The topological polar surface area (TPSA) is 107 Å². The van der Waals surface area contributed by atoms with Gasteiger partial charge in [0.2, 0.25) is 0 Å². The molecule has 0 saturated heterocycles. The van der Waals surface area contributed by atoms with Crippen LogP contribution in [-0.4, -0.2) is 39.5 Å². The predicted molar refractivity (Wildman–Crippen MR) is 129 cm³/mol. The largest absolute Gasteiger partial charge is 0.300 e. The molecule has 1 aromatic heterocycles. The van der Waals surface area contributed by atoms with Gasteiger partial charge in [0, 0.05) is 24.1 Å². The van der Waals surface area contributed by atoms with Crippen LogP contribution in [0, 0.1) is 23.2 Å². The average molecular weight is 469 g/mol. The smallest absolute Gasteiger partial charge is 0.270 e. The van der Waals surface area contributed by atoms with Crippen LogP contribution in [0.2, 0.25) is 0 Å². The van der Waals surface area contributed by atoms with Gasteiger partial charge in [-0.3, -0.25) is 19.3 Å². The minimum absolute atomic E-state index is 0.0314. The van der Waals surface area contributed by atoms with E-state index in [0.717, 1.165) is 12.0 Å². The number of imide groups is 1. The SMILES string of the molecule is CSc1nc(-c2cccc(C#CCCCCN3C(=O)c4ccccc4C3=O)c2)c(C#N)c(=O)[nH]1. The van der Waals surface area contributed by atoms with E-state index >= 15 is 0 Å². The summed E-state index contributed by atoms with van der Waals surface area (Å²) in [6, 6.07) is 16.1. The minimum Gasteiger partial charge on any atom is -0.300 e. The summed E-state index contributed by atoms with van der Waals surface area (Å²) >= 11 is 1.29. The number of thioether (sulfide) groups is 1. The maximum Gasteiger partial charge on any atom is 0.270 e. The number of nitrogens with zero attached hydrogens (tertiary/aromatic N) is 3. The highest BCUT2D eigenvalue weighted by atomic mass is 32.2. The number of aromatic amines is 1. The first kappa shape index (κ1) is 23.0. The molecule has 0 saturated carbocycles. The fourth-order valence-electron chi connectivity index (χ4n) is 3.70. The lowest BCUT2D eigenvalue weighted by Crippen LogP contribution is -2.30. The minimum atomic E-state index is -0.466. The van der Waals surface area contributed by atoms with Crippen molar-refractivity contribution in [3.8, 4) is 29.2 Å². The Kier molecular flexibility index (Phi) is 6.91. The Morgan fingerprint density at radius 3 is 2.44 bits per heavy atom. The molecule has 1 N–H and O–H groups in total. The number of H-pyrrole nitrogens is 1. The number of carbonyl (C=O) groups is 2. The Morgan fingerprint density at radius 1 is 1.03 bits per heavy atom. The van der Waals surface area contributed by atoms with Crippen molar-refractivity contribution < 1.29 is 9.59 Å². The third-order valence-corrected chi connectivity index (χ3v) is 5.96. The maximum absolute atomic E-state index is 12.4. The van der Waals surface area contributed by atoms with E-state index in [0.29, 0.717) is 46.9 Å². The molecule has 34 heavy (non-hydrogen) atoms. The normalized spacial score (nSPS) is 12.2. The van der Waals surface area contributed by atoms with Crippen molar-refractivity contribution in [1.29, 1.82) is 5.26 Å². The first-order valence-electron chi connectivity index (χ1n) is 10.7. The molecule has 168 valence electrons. The summed E-state index contributed by atoms with van der Waals surface area (Å²) in [4.78, 5) is 45.3. The molecule has 0 atom stereocenters. The highest BCUT2D eigenvalue weighted by Gasteiger charge is 2.34. The summed E-state index contributed by atoms with van der Waals surface area (Å²) in [5.74, 6) is 5.73. The van der Waals surface area contributed by atoms with E-state index in [1.165, 1.54) is 16.7 Å². The monoisotopic (exact) mass is 468 g/mol. The van der Waals surface area contributed by atoms with Gasteiger partial charge in [-0.15, -0.1) is 0 Å². The lowest BCUT2D eigenvalue weighted by atomic mass is 10.0. The molecular formula is C26H20N4O3S. The molecule has 1 aliphatic rings. The van der Waals surface area contributed by atoms with Crippen LogP contribution in [0.5, 0.6) is 0 Å². The lowest BCUT2D eigenvalue weighted by molar-refractivity contribution is 0.0652. The van der Waals surface area contributed by atoms with Gasteiger partial charge in [-0.1, -0.05) is 47.9 Å². The van der Waals surface area contributed by atoms with Crippen LogP contribution in [0.25, 0.3) is 11.3 Å². The number of benzene rings is 2. The highest BCUT2D eigenvalue weighted by Crippen LogP contribution is 2.23. The maximum atomic E-state index is 12.4. The van der Waals surface area contributed by atoms with Crippen LogP contribution in [0.1, 0.15) is 51.1 Å². The number of carbonyl (C=O) groups excluding carboxylic acids is 2. The molecule has 4 rings (SSSR count). The van der Waals surface area contributed by atoms with E-state index < -0.39 is 5.56 Å². The molecule has 7 nitrogen and oxygen atoms in total. The number of nitriles is 1. The number of aromatic nitrogens is 2. The molecule has 0 aliphatic carbocycles. The Balaban J connectivity index is 1.38. The number of unbranched alkanes of at least 4 members (excludes halogenated alkanes) is 2. The van der Waals surface area contributed by atoms with Crippen molar-refractivity contribution >= 4 is 23.6 Å². The van der Waals surface area contributed by atoms with Crippen LogP contribution in [0.15, 0.2) is 58.5 Å². The summed E-state index contributed by atoms with van der Waals surface area (Å²) in [5.41, 5.74) is 2.16. The van der Waals surface area contributed by atoms with Crippen LogP contribution >= 0.6 is 11.8 Å². The quantitative estimate of drug-likeness (QED) is 0.194. The van der Waals surface area contributed by atoms with E-state index in [1.807, 2.05) is 18.2 Å². The fourth-order valence-corrected chi connectivity index (χ4v) is 4.07. The molecule has 8 heteroatoms. The number of rotatable bonds is 6. The molecule has 2 heterocycles. The second kappa shape index (κ2) is 10.2. The zero-order valence-corrected chi connectivity index (χ0v) is 19.2. The van der Waals surface area contributed by atoms with Crippen molar-refractivity contribution in [3.05, 3.63) is 81.1 Å². The zero-order valence-electron chi connectivity index (χ0n) is 18.4. The summed E-state index contributed by atoms with van der Waals surface area (Å²) < 4.78 is 0. The molecule has 3 aromatic rings. The highest BCUT2D eigenvalue weighted by molar-refractivity contribution is 7.98. The van der Waals surface area contributed by atoms with Gasteiger partial charge in [0.05, 0.1) is 16.8 Å². The van der Waals surface area contributed by atoms with Gasteiger partial charge in [0.15, 0.2) is 5.16 Å². The third-order valence-electron chi connectivity index (χ3n) is 5.38. The van der Waals surface area contributed by atoms with Crippen molar-refractivity contribution in [2.24, 2.45) is 0 Å². The number of hydrogen-bond acceptors (Lipinski definition) is 6. The van der Waals surface area contributed by atoms with Crippen molar-refractivity contribution in [2.45, 2.75) is 24.4 Å².